The van der Waals surface area contributed by atoms with Crippen LogP contribution in [0.4, 0.5) is 22.0 Å². The molecule has 0 aliphatic heterocycles. The van der Waals surface area contributed by atoms with Gasteiger partial charge in [0.25, 0.3) is 0 Å². The molecule has 1 aromatic carbocycles. The fraction of sp³-hybridized carbons (Fsp3) is 0.300. The number of hydrogen-bond acceptors (Lipinski definition) is 1. The lowest BCUT2D eigenvalue weighted by Crippen LogP contribution is -2.37. The molecule has 0 aromatic heterocycles. The Kier molecular flexibility index (Phi) is 4.08. The molecule has 1 rings (SSSR count). The zero-order valence-corrected chi connectivity index (χ0v) is 8.95. The second-order valence-corrected chi connectivity index (χ2v) is 3.68. The number of benzene rings is 1. The molecule has 0 N–H and O–H groups in total. The molecule has 0 amide bonds. The van der Waals surface area contributed by atoms with E-state index in [-0.39, 0.29) is 10.6 Å². The topological polar surface area (TPSA) is 17.1 Å². The molecule has 0 fully saturated rings. The third-order valence-corrected chi connectivity index (χ3v) is 2.30. The van der Waals surface area contributed by atoms with Gasteiger partial charge in [0.05, 0.1) is 5.02 Å². The van der Waals surface area contributed by atoms with Gasteiger partial charge in [-0.15, -0.1) is 0 Å². The van der Waals surface area contributed by atoms with Crippen LogP contribution in [0.25, 0.3) is 0 Å². The second kappa shape index (κ2) is 5.00. The zero-order chi connectivity index (χ0) is 13.2. The van der Waals surface area contributed by atoms with Crippen LogP contribution < -0.4 is 0 Å². The van der Waals surface area contributed by atoms with Gasteiger partial charge in [-0.05, 0) is 17.7 Å². The van der Waals surface area contributed by atoms with Gasteiger partial charge in [0, 0.05) is 6.42 Å². The lowest BCUT2D eigenvalue weighted by molar-refractivity contribution is -0.166. The van der Waals surface area contributed by atoms with Crippen molar-refractivity contribution in [2.24, 2.45) is 0 Å². The van der Waals surface area contributed by atoms with Gasteiger partial charge >= 0.3 is 12.3 Å². The summed E-state index contributed by atoms with van der Waals surface area (Å²) in [5.41, 5.74) is -0.141. The molecule has 94 valence electrons. The molecule has 0 heterocycles. The Morgan fingerprint density at radius 1 is 1.35 bits per heavy atom. The van der Waals surface area contributed by atoms with Crippen molar-refractivity contribution >= 4 is 17.4 Å². The molecule has 0 aliphatic rings. The smallest absolute Gasteiger partial charge is 0.292 e. The maximum absolute atomic E-state index is 12.9. The second-order valence-electron chi connectivity index (χ2n) is 3.27. The van der Waals surface area contributed by atoms with E-state index in [1.807, 2.05) is 0 Å². The van der Waals surface area contributed by atoms with Crippen molar-refractivity contribution in [3.8, 4) is 0 Å². The Hall–Kier alpha value is -1.17. The van der Waals surface area contributed by atoms with Crippen molar-refractivity contribution in [1.82, 2.24) is 0 Å². The van der Waals surface area contributed by atoms with Gasteiger partial charge in [0.1, 0.15) is 5.82 Å². The van der Waals surface area contributed by atoms with Crippen molar-refractivity contribution in [2.45, 2.75) is 18.8 Å². The van der Waals surface area contributed by atoms with Crippen LogP contribution in [-0.4, -0.2) is 18.1 Å². The molecule has 0 saturated carbocycles. The fourth-order valence-electron chi connectivity index (χ4n) is 1.07. The molecule has 0 aliphatic carbocycles. The van der Waals surface area contributed by atoms with Crippen molar-refractivity contribution in [2.75, 3.05) is 0 Å². The minimum absolute atomic E-state index is 0.141. The van der Waals surface area contributed by atoms with E-state index in [9.17, 15) is 26.7 Å². The molecule has 0 unspecified atom stereocenters. The molecule has 0 spiro atoms. The van der Waals surface area contributed by atoms with Gasteiger partial charge < -0.3 is 0 Å². The molecule has 17 heavy (non-hydrogen) atoms. The average molecular weight is 273 g/mol. The highest BCUT2D eigenvalue weighted by Gasteiger charge is 2.47. The summed E-state index contributed by atoms with van der Waals surface area (Å²) in [4.78, 5) is 10.9. The number of hydrogen-bond donors (Lipinski definition) is 0. The SMILES string of the molecule is O=C(Cc1ccc(Cl)c(F)c1)C(F)(F)C(F)F. The lowest BCUT2D eigenvalue weighted by atomic mass is 10.0. The summed E-state index contributed by atoms with van der Waals surface area (Å²) in [6.07, 6.45) is -5.06. The van der Waals surface area contributed by atoms with Crippen LogP contribution in [0.1, 0.15) is 5.56 Å². The predicted octanol–water partition coefficient (Wildman–Crippen LogP) is 3.49. The molecule has 0 saturated heterocycles. The molecular formula is C10H6ClF5O. The Bertz CT molecular complexity index is 433. The highest BCUT2D eigenvalue weighted by atomic mass is 35.5. The number of carbonyl (C=O) groups is 1. The highest BCUT2D eigenvalue weighted by Crippen LogP contribution is 2.26. The van der Waals surface area contributed by atoms with Crippen LogP contribution in [-0.2, 0) is 11.2 Å². The molecule has 1 aromatic rings. The summed E-state index contributed by atoms with van der Waals surface area (Å²) in [6, 6.07) is 2.92. The number of carbonyl (C=O) groups excluding carboxylic acids is 1. The Labute approximate surface area is 98.2 Å². The van der Waals surface area contributed by atoms with Crippen LogP contribution in [0.5, 0.6) is 0 Å². The van der Waals surface area contributed by atoms with Gasteiger partial charge in [0.2, 0.25) is 5.78 Å². The van der Waals surface area contributed by atoms with Crippen LogP contribution in [0, 0.1) is 5.82 Å². The zero-order valence-electron chi connectivity index (χ0n) is 8.19. The van der Waals surface area contributed by atoms with E-state index < -0.39 is 30.4 Å². The van der Waals surface area contributed by atoms with Crippen molar-refractivity contribution in [3.63, 3.8) is 0 Å². The van der Waals surface area contributed by atoms with E-state index in [1.165, 1.54) is 0 Å². The van der Waals surface area contributed by atoms with Crippen molar-refractivity contribution < 1.29 is 26.7 Å². The fourth-order valence-corrected chi connectivity index (χ4v) is 1.19. The largest absolute Gasteiger partial charge is 0.364 e. The summed E-state index contributed by atoms with van der Waals surface area (Å²) < 4.78 is 61.8. The van der Waals surface area contributed by atoms with E-state index in [0.29, 0.717) is 0 Å². The molecule has 1 nitrogen and oxygen atoms in total. The van der Waals surface area contributed by atoms with E-state index >= 15 is 0 Å². The Balaban J connectivity index is 2.85. The molecule has 0 bridgehead atoms. The first-order valence-electron chi connectivity index (χ1n) is 4.38. The van der Waals surface area contributed by atoms with Crippen molar-refractivity contribution in [3.05, 3.63) is 34.6 Å². The average Bonchev–Trinajstić information content (AvgIpc) is 2.23. The first-order valence-corrected chi connectivity index (χ1v) is 4.76. The number of halogens is 6. The summed E-state index contributed by atoms with van der Waals surface area (Å²) in [6.45, 7) is 0. The molecule has 7 heteroatoms. The van der Waals surface area contributed by atoms with E-state index in [1.54, 1.807) is 0 Å². The number of rotatable bonds is 4. The Morgan fingerprint density at radius 3 is 2.41 bits per heavy atom. The first kappa shape index (κ1) is 13.9. The van der Waals surface area contributed by atoms with Crippen LogP contribution in [0.2, 0.25) is 5.02 Å². The third-order valence-electron chi connectivity index (χ3n) is 1.99. The van der Waals surface area contributed by atoms with Crippen molar-refractivity contribution in [1.29, 1.82) is 0 Å². The van der Waals surface area contributed by atoms with Gasteiger partial charge in [-0.25, -0.2) is 13.2 Å². The van der Waals surface area contributed by atoms with Gasteiger partial charge in [-0.2, -0.15) is 8.78 Å². The van der Waals surface area contributed by atoms with Crippen LogP contribution in [0.15, 0.2) is 18.2 Å². The van der Waals surface area contributed by atoms with E-state index in [4.69, 9.17) is 11.6 Å². The normalized spacial score (nSPS) is 11.9. The van der Waals surface area contributed by atoms with Crippen LogP contribution >= 0.6 is 11.6 Å². The van der Waals surface area contributed by atoms with Crippen LogP contribution in [0.3, 0.4) is 0 Å². The monoisotopic (exact) mass is 272 g/mol. The minimum atomic E-state index is -4.73. The Morgan fingerprint density at radius 2 is 1.94 bits per heavy atom. The first-order chi connectivity index (χ1) is 7.75. The van der Waals surface area contributed by atoms with E-state index in [2.05, 4.69) is 0 Å². The number of alkyl halides is 4. The predicted molar refractivity (Wildman–Crippen MR) is 51.1 cm³/mol. The standard InChI is InChI=1S/C10H6ClF5O/c11-6-2-1-5(3-7(6)12)4-8(17)10(15,16)9(13)14/h1-3,9H,4H2. The summed E-state index contributed by atoms with van der Waals surface area (Å²) in [5, 5.41) is -0.248. The summed E-state index contributed by atoms with van der Waals surface area (Å²) in [5.74, 6) is -7.60. The number of Topliss-reactive ketones (excluding diaryl/α,β-unsaturated/α-hetero) is 1. The quantitative estimate of drug-likeness (QED) is 0.767. The van der Waals surface area contributed by atoms with Gasteiger partial charge in [-0.1, -0.05) is 17.7 Å². The van der Waals surface area contributed by atoms with E-state index in [0.717, 1.165) is 18.2 Å². The highest BCUT2D eigenvalue weighted by molar-refractivity contribution is 6.30. The molecule has 0 radical (unpaired) electrons. The van der Waals surface area contributed by atoms with Gasteiger partial charge in [-0.3, -0.25) is 4.79 Å². The maximum Gasteiger partial charge on any atom is 0.364 e. The molecule has 0 atom stereocenters. The summed E-state index contributed by atoms with van der Waals surface area (Å²) in [7, 11) is 0. The number of ketones is 1. The third kappa shape index (κ3) is 3.15. The minimum Gasteiger partial charge on any atom is -0.292 e. The lowest BCUT2D eigenvalue weighted by Gasteiger charge is -2.13. The maximum atomic E-state index is 12.9. The van der Waals surface area contributed by atoms with Gasteiger partial charge in [0.15, 0.2) is 0 Å². The summed E-state index contributed by atoms with van der Waals surface area (Å²) >= 11 is 5.33. The molecular weight excluding hydrogens is 267 g/mol.